The van der Waals surface area contributed by atoms with Gasteiger partial charge in [0.25, 0.3) is 5.91 Å². The molecule has 0 saturated heterocycles. The molecule has 0 aliphatic carbocycles. The molecule has 0 aromatic carbocycles. The van der Waals surface area contributed by atoms with Crippen LogP contribution in [0.2, 0.25) is 0 Å². The van der Waals surface area contributed by atoms with Crippen LogP contribution in [0.1, 0.15) is 42.7 Å². The Hall–Kier alpha value is -1.58. The Morgan fingerprint density at radius 1 is 1.62 bits per heavy atom. The van der Waals surface area contributed by atoms with E-state index in [4.69, 9.17) is 5.73 Å². The Kier molecular flexibility index (Phi) is 4.28. The fraction of sp³-hybridized carbons (Fsp3) is 0.500. The van der Waals surface area contributed by atoms with E-state index in [1.165, 1.54) is 0 Å². The highest BCUT2D eigenvalue weighted by atomic mass is 16.1. The minimum absolute atomic E-state index is 0.0988. The Balaban J connectivity index is 2.76. The van der Waals surface area contributed by atoms with Gasteiger partial charge in [-0.25, -0.2) is 0 Å². The molecule has 1 unspecified atom stereocenters. The third kappa shape index (κ3) is 3.22. The Labute approximate surface area is 96.3 Å². The van der Waals surface area contributed by atoms with Crippen molar-refractivity contribution < 1.29 is 4.79 Å². The molecule has 1 rings (SSSR count). The van der Waals surface area contributed by atoms with Gasteiger partial charge in [0, 0.05) is 6.04 Å². The van der Waals surface area contributed by atoms with E-state index in [1.807, 2.05) is 6.92 Å². The van der Waals surface area contributed by atoms with Gasteiger partial charge in [-0.15, -0.1) is 0 Å². The first-order valence-corrected chi connectivity index (χ1v) is 5.57. The van der Waals surface area contributed by atoms with Crippen molar-refractivity contribution >= 4 is 11.6 Å². The number of nitrogens with one attached hydrogen (secondary N) is 1. The molecule has 4 heteroatoms. The van der Waals surface area contributed by atoms with Crippen LogP contribution in [0.5, 0.6) is 0 Å². The largest absolute Gasteiger partial charge is 0.397 e. The number of carbonyl (C=O) groups is 1. The number of pyridine rings is 1. The van der Waals surface area contributed by atoms with E-state index >= 15 is 0 Å². The SMILES string of the molecule is CCCC(C)NC(=O)c1cc(N)cnc1C. The second-order valence-electron chi connectivity index (χ2n) is 4.06. The molecule has 16 heavy (non-hydrogen) atoms. The van der Waals surface area contributed by atoms with E-state index in [9.17, 15) is 4.79 Å². The monoisotopic (exact) mass is 221 g/mol. The number of nitrogens with zero attached hydrogens (tertiary/aromatic N) is 1. The van der Waals surface area contributed by atoms with Crippen LogP contribution in [0.25, 0.3) is 0 Å². The van der Waals surface area contributed by atoms with Crippen LogP contribution in [0.3, 0.4) is 0 Å². The summed E-state index contributed by atoms with van der Waals surface area (Å²) in [5.74, 6) is -0.0988. The molecule has 1 heterocycles. The fourth-order valence-corrected chi connectivity index (χ4v) is 1.59. The number of nitrogens with two attached hydrogens (primary N) is 1. The maximum Gasteiger partial charge on any atom is 0.253 e. The van der Waals surface area contributed by atoms with Crippen molar-refractivity contribution in [2.45, 2.75) is 39.7 Å². The summed E-state index contributed by atoms with van der Waals surface area (Å²) in [5.41, 5.74) is 7.39. The van der Waals surface area contributed by atoms with Crippen LogP contribution in [0.15, 0.2) is 12.3 Å². The maximum absolute atomic E-state index is 11.9. The second kappa shape index (κ2) is 5.49. The highest BCUT2D eigenvalue weighted by Gasteiger charge is 2.12. The zero-order chi connectivity index (χ0) is 12.1. The number of rotatable bonds is 4. The van der Waals surface area contributed by atoms with Gasteiger partial charge in [-0.3, -0.25) is 9.78 Å². The Bertz CT molecular complexity index is 377. The van der Waals surface area contributed by atoms with Gasteiger partial charge in [-0.05, 0) is 26.3 Å². The molecular formula is C12H19N3O. The molecule has 1 aromatic rings. The van der Waals surface area contributed by atoms with E-state index in [1.54, 1.807) is 19.2 Å². The van der Waals surface area contributed by atoms with Crippen LogP contribution < -0.4 is 11.1 Å². The molecule has 1 aromatic heterocycles. The lowest BCUT2D eigenvalue weighted by atomic mass is 10.1. The van der Waals surface area contributed by atoms with Gasteiger partial charge in [0.05, 0.1) is 23.1 Å². The first kappa shape index (κ1) is 12.5. The van der Waals surface area contributed by atoms with Gasteiger partial charge in [0.2, 0.25) is 0 Å². The first-order chi connectivity index (χ1) is 7.54. The lowest BCUT2D eigenvalue weighted by molar-refractivity contribution is 0.0937. The van der Waals surface area contributed by atoms with E-state index in [0.717, 1.165) is 12.8 Å². The zero-order valence-electron chi connectivity index (χ0n) is 10.1. The lowest BCUT2D eigenvalue weighted by Gasteiger charge is -2.13. The number of carbonyl (C=O) groups excluding carboxylic acids is 1. The number of hydrogen-bond donors (Lipinski definition) is 2. The van der Waals surface area contributed by atoms with Crippen LogP contribution >= 0.6 is 0 Å². The molecule has 4 nitrogen and oxygen atoms in total. The standard InChI is InChI=1S/C12H19N3O/c1-4-5-8(2)15-12(16)11-6-10(13)7-14-9(11)3/h6-8H,4-5,13H2,1-3H3,(H,15,16). The molecule has 0 fully saturated rings. The molecule has 0 bridgehead atoms. The smallest absolute Gasteiger partial charge is 0.253 e. The van der Waals surface area contributed by atoms with Gasteiger partial charge < -0.3 is 11.1 Å². The Morgan fingerprint density at radius 2 is 2.31 bits per heavy atom. The van der Waals surface area contributed by atoms with Gasteiger partial charge >= 0.3 is 0 Å². The van der Waals surface area contributed by atoms with Gasteiger partial charge in [-0.2, -0.15) is 0 Å². The average Bonchev–Trinajstić information content (AvgIpc) is 2.21. The molecular weight excluding hydrogens is 202 g/mol. The normalized spacial score (nSPS) is 12.2. The minimum Gasteiger partial charge on any atom is -0.397 e. The maximum atomic E-state index is 11.9. The van der Waals surface area contributed by atoms with E-state index in [2.05, 4.69) is 17.2 Å². The molecule has 88 valence electrons. The molecule has 0 spiro atoms. The first-order valence-electron chi connectivity index (χ1n) is 5.57. The van der Waals surface area contributed by atoms with Crippen molar-refractivity contribution in [1.29, 1.82) is 0 Å². The number of aromatic nitrogens is 1. The van der Waals surface area contributed by atoms with Crippen molar-refractivity contribution in [2.24, 2.45) is 0 Å². The molecule has 0 aliphatic heterocycles. The lowest BCUT2D eigenvalue weighted by Crippen LogP contribution is -2.33. The molecule has 3 N–H and O–H groups in total. The van der Waals surface area contributed by atoms with Gasteiger partial charge in [0.15, 0.2) is 0 Å². The van der Waals surface area contributed by atoms with Crippen molar-refractivity contribution in [3.8, 4) is 0 Å². The third-order valence-electron chi connectivity index (χ3n) is 2.45. The quantitative estimate of drug-likeness (QED) is 0.815. The van der Waals surface area contributed by atoms with Gasteiger partial charge in [-0.1, -0.05) is 13.3 Å². The van der Waals surface area contributed by atoms with E-state index in [0.29, 0.717) is 16.9 Å². The zero-order valence-corrected chi connectivity index (χ0v) is 10.1. The average molecular weight is 221 g/mol. The summed E-state index contributed by atoms with van der Waals surface area (Å²) in [4.78, 5) is 16.0. The number of nitrogen functional groups attached to an aromatic ring is 1. The highest BCUT2D eigenvalue weighted by Crippen LogP contribution is 2.10. The number of anilines is 1. The predicted molar refractivity (Wildman–Crippen MR) is 65.2 cm³/mol. The summed E-state index contributed by atoms with van der Waals surface area (Å²) in [7, 11) is 0. The van der Waals surface area contributed by atoms with Crippen molar-refractivity contribution in [3.63, 3.8) is 0 Å². The molecule has 1 atom stereocenters. The number of amides is 1. The minimum atomic E-state index is -0.0988. The molecule has 0 radical (unpaired) electrons. The number of aryl methyl sites for hydroxylation is 1. The van der Waals surface area contributed by atoms with Crippen LogP contribution in [0.4, 0.5) is 5.69 Å². The van der Waals surface area contributed by atoms with E-state index in [-0.39, 0.29) is 11.9 Å². The van der Waals surface area contributed by atoms with Crippen LogP contribution in [0, 0.1) is 6.92 Å². The summed E-state index contributed by atoms with van der Waals surface area (Å²) >= 11 is 0. The van der Waals surface area contributed by atoms with Crippen LogP contribution in [-0.2, 0) is 0 Å². The topological polar surface area (TPSA) is 68.0 Å². The summed E-state index contributed by atoms with van der Waals surface area (Å²) < 4.78 is 0. The van der Waals surface area contributed by atoms with Crippen molar-refractivity contribution in [1.82, 2.24) is 10.3 Å². The highest BCUT2D eigenvalue weighted by molar-refractivity contribution is 5.96. The summed E-state index contributed by atoms with van der Waals surface area (Å²) in [5, 5.41) is 2.93. The number of hydrogen-bond acceptors (Lipinski definition) is 3. The summed E-state index contributed by atoms with van der Waals surface area (Å²) in [6.07, 6.45) is 3.58. The predicted octanol–water partition coefficient (Wildman–Crippen LogP) is 1.89. The van der Waals surface area contributed by atoms with Crippen LogP contribution in [-0.4, -0.2) is 16.9 Å². The summed E-state index contributed by atoms with van der Waals surface area (Å²) in [6, 6.07) is 1.84. The van der Waals surface area contributed by atoms with Crippen molar-refractivity contribution in [2.75, 3.05) is 5.73 Å². The van der Waals surface area contributed by atoms with Crippen molar-refractivity contribution in [3.05, 3.63) is 23.5 Å². The fourth-order valence-electron chi connectivity index (χ4n) is 1.59. The van der Waals surface area contributed by atoms with E-state index < -0.39 is 0 Å². The Morgan fingerprint density at radius 3 is 2.94 bits per heavy atom. The third-order valence-corrected chi connectivity index (χ3v) is 2.45. The molecule has 1 amide bonds. The molecule has 0 aliphatic rings. The molecule has 0 saturated carbocycles. The second-order valence-corrected chi connectivity index (χ2v) is 4.06. The summed E-state index contributed by atoms with van der Waals surface area (Å²) in [6.45, 7) is 5.89. The van der Waals surface area contributed by atoms with Gasteiger partial charge in [0.1, 0.15) is 0 Å².